The summed E-state index contributed by atoms with van der Waals surface area (Å²) in [5, 5.41) is 2.83. The molecule has 0 saturated heterocycles. The Bertz CT molecular complexity index is 654. The van der Waals surface area contributed by atoms with Crippen molar-refractivity contribution in [3.8, 4) is 0 Å². The molecule has 2 rings (SSSR count). The molecule has 0 aliphatic carbocycles. The molecule has 23 heavy (non-hydrogen) atoms. The molecule has 0 bridgehead atoms. The van der Waals surface area contributed by atoms with E-state index in [4.69, 9.17) is 4.74 Å². The first-order valence-corrected chi connectivity index (χ1v) is 7.88. The molecule has 0 aromatic heterocycles. The van der Waals surface area contributed by atoms with E-state index in [2.05, 4.69) is 50.4 Å². The van der Waals surface area contributed by atoms with Crippen molar-refractivity contribution in [1.29, 1.82) is 0 Å². The van der Waals surface area contributed by atoms with Crippen LogP contribution in [-0.4, -0.2) is 12.5 Å². The van der Waals surface area contributed by atoms with Crippen molar-refractivity contribution in [3.63, 3.8) is 0 Å². The predicted molar refractivity (Wildman–Crippen MR) is 94.6 cm³/mol. The summed E-state index contributed by atoms with van der Waals surface area (Å²) in [6, 6.07) is 16.1. The molecule has 0 saturated carbocycles. The van der Waals surface area contributed by atoms with Crippen molar-refractivity contribution in [3.05, 3.63) is 65.2 Å². The summed E-state index contributed by atoms with van der Waals surface area (Å²) >= 11 is 0. The second-order valence-corrected chi connectivity index (χ2v) is 6.86. The fourth-order valence-electron chi connectivity index (χ4n) is 2.28. The molecule has 0 aliphatic rings. The molecule has 0 heterocycles. The second kappa shape index (κ2) is 7.42. The summed E-state index contributed by atoms with van der Waals surface area (Å²) < 4.78 is 5.50. The highest BCUT2D eigenvalue weighted by Gasteiger charge is 2.12. The normalized spacial score (nSPS) is 11.3. The van der Waals surface area contributed by atoms with Gasteiger partial charge in [-0.25, -0.2) is 0 Å². The first-order chi connectivity index (χ1) is 10.8. The van der Waals surface area contributed by atoms with Crippen molar-refractivity contribution in [2.45, 2.75) is 39.7 Å². The molecule has 3 heteroatoms. The van der Waals surface area contributed by atoms with E-state index < -0.39 is 0 Å². The van der Waals surface area contributed by atoms with Crippen LogP contribution in [0.15, 0.2) is 48.5 Å². The smallest absolute Gasteiger partial charge is 0.250 e. The van der Waals surface area contributed by atoms with Crippen LogP contribution in [-0.2, 0) is 21.6 Å². The van der Waals surface area contributed by atoms with Crippen LogP contribution in [0, 0.1) is 6.92 Å². The van der Waals surface area contributed by atoms with Gasteiger partial charge in [-0.3, -0.25) is 4.79 Å². The van der Waals surface area contributed by atoms with Crippen LogP contribution >= 0.6 is 0 Å². The zero-order valence-electron chi connectivity index (χ0n) is 14.3. The Morgan fingerprint density at radius 1 is 1.09 bits per heavy atom. The molecule has 0 fully saturated rings. The van der Waals surface area contributed by atoms with E-state index in [1.165, 1.54) is 5.56 Å². The minimum Gasteiger partial charge on any atom is -0.367 e. The maximum Gasteiger partial charge on any atom is 0.250 e. The molecule has 0 radical (unpaired) electrons. The van der Waals surface area contributed by atoms with Crippen molar-refractivity contribution >= 4 is 11.6 Å². The summed E-state index contributed by atoms with van der Waals surface area (Å²) in [6.45, 7) is 9.05. The lowest BCUT2D eigenvalue weighted by atomic mass is 9.87. The Labute approximate surface area is 138 Å². The molecule has 2 aromatic rings. The number of carbonyl (C=O) groups is 1. The van der Waals surface area contributed by atoms with Gasteiger partial charge in [-0.15, -0.1) is 0 Å². The topological polar surface area (TPSA) is 38.3 Å². The Balaban J connectivity index is 1.79. The highest BCUT2D eigenvalue weighted by atomic mass is 16.5. The first-order valence-electron chi connectivity index (χ1n) is 7.88. The number of hydrogen-bond acceptors (Lipinski definition) is 2. The minimum absolute atomic E-state index is 0.0506. The number of amides is 1. The SMILES string of the molecule is Cc1cccc(NC(=O)COCc2ccc(C(C)(C)C)cc2)c1. The van der Waals surface area contributed by atoms with Crippen molar-refractivity contribution in [2.24, 2.45) is 0 Å². The van der Waals surface area contributed by atoms with E-state index in [1.807, 2.05) is 31.2 Å². The summed E-state index contributed by atoms with van der Waals surface area (Å²) in [5.41, 5.74) is 4.42. The molecule has 3 nitrogen and oxygen atoms in total. The molecule has 0 unspecified atom stereocenters. The van der Waals surface area contributed by atoms with Gasteiger partial charge in [-0.1, -0.05) is 57.2 Å². The van der Waals surface area contributed by atoms with Gasteiger partial charge in [-0.05, 0) is 41.2 Å². The van der Waals surface area contributed by atoms with Crippen LogP contribution in [0.5, 0.6) is 0 Å². The maximum absolute atomic E-state index is 11.9. The highest BCUT2D eigenvalue weighted by Crippen LogP contribution is 2.22. The zero-order valence-corrected chi connectivity index (χ0v) is 14.3. The number of aryl methyl sites for hydroxylation is 1. The number of rotatable bonds is 5. The van der Waals surface area contributed by atoms with Crippen LogP contribution in [0.25, 0.3) is 0 Å². The average molecular weight is 311 g/mol. The summed E-state index contributed by atoms with van der Waals surface area (Å²) in [4.78, 5) is 11.9. The molecule has 0 atom stereocenters. The first kappa shape index (κ1) is 17.2. The zero-order chi connectivity index (χ0) is 16.9. The fraction of sp³-hybridized carbons (Fsp3) is 0.350. The van der Waals surface area contributed by atoms with Gasteiger partial charge in [-0.2, -0.15) is 0 Å². The highest BCUT2D eigenvalue weighted by molar-refractivity contribution is 5.91. The lowest BCUT2D eigenvalue weighted by molar-refractivity contribution is -0.121. The number of carbonyl (C=O) groups excluding carboxylic acids is 1. The average Bonchev–Trinajstić information content (AvgIpc) is 2.47. The van der Waals surface area contributed by atoms with Crippen molar-refractivity contribution in [1.82, 2.24) is 0 Å². The summed E-state index contributed by atoms with van der Waals surface area (Å²) in [6.07, 6.45) is 0. The van der Waals surface area contributed by atoms with E-state index >= 15 is 0 Å². The largest absolute Gasteiger partial charge is 0.367 e. The van der Waals surface area contributed by atoms with Gasteiger partial charge in [0.05, 0.1) is 6.61 Å². The Hall–Kier alpha value is -2.13. The number of hydrogen-bond donors (Lipinski definition) is 1. The molecule has 1 amide bonds. The van der Waals surface area contributed by atoms with E-state index in [9.17, 15) is 4.79 Å². The number of anilines is 1. The van der Waals surface area contributed by atoms with E-state index in [0.29, 0.717) is 6.61 Å². The molecular formula is C20H25NO2. The Kier molecular flexibility index (Phi) is 5.56. The van der Waals surface area contributed by atoms with E-state index in [-0.39, 0.29) is 17.9 Å². The van der Waals surface area contributed by atoms with Gasteiger partial charge in [0.15, 0.2) is 0 Å². The molecular weight excluding hydrogens is 286 g/mol. The van der Waals surface area contributed by atoms with Gasteiger partial charge in [0.25, 0.3) is 0 Å². The van der Waals surface area contributed by atoms with Gasteiger partial charge in [0, 0.05) is 5.69 Å². The van der Waals surface area contributed by atoms with Gasteiger partial charge in [0.2, 0.25) is 5.91 Å². The lowest BCUT2D eigenvalue weighted by Gasteiger charge is -2.19. The van der Waals surface area contributed by atoms with Crippen LogP contribution in [0.4, 0.5) is 5.69 Å². The molecule has 1 N–H and O–H groups in total. The number of ether oxygens (including phenoxy) is 1. The standard InChI is InChI=1S/C20H25NO2/c1-15-6-5-7-18(12-15)21-19(22)14-23-13-16-8-10-17(11-9-16)20(2,3)4/h5-12H,13-14H2,1-4H3,(H,21,22). The van der Waals surface area contributed by atoms with E-state index in [1.54, 1.807) is 0 Å². The molecule has 0 aliphatic heterocycles. The Morgan fingerprint density at radius 2 is 1.78 bits per heavy atom. The molecule has 2 aromatic carbocycles. The monoisotopic (exact) mass is 311 g/mol. The van der Waals surface area contributed by atoms with Gasteiger partial charge in [0.1, 0.15) is 6.61 Å². The van der Waals surface area contributed by atoms with Crippen LogP contribution in [0.1, 0.15) is 37.5 Å². The maximum atomic E-state index is 11.9. The second-order valence-electron chi connectivity index (χ2n) is 6.86. The van der Waals surface area contributed by atoms with Crippen molar-refractivity contribution < 1.29 is 9.53 Å². The third kappa shape index (κ3) is 5.53. The van der Waals surface area contributed by atoms with Crippen molar-refractivity contribution in [2.75, 3.05) is 11.9 Å². The summed E-state index contributed by atoms with van der Waals surface area (Å²) in [5.74, 6) is -0.137. The third-order valence-electron chi connectivity index (χ3n) is 3.62. The number of benzene rings is 2. The molecule has 0 spiro atoms. The fourth-order valence-corrected chi connectivity index (χ4v) is 2.28. The van der Waals surface area contributed by atoms with Gasteiger partial charge >= 0.3 is 0 Å². The molecule has 122 valence electrons. The predicted octanol–water partition coefficient (Wildman–Crippen LogP) is 4.45. The Morgan fingerprint density at radius 3 is 2.39 bits per heavy atom. The minimum atomic E-state index is -0.137. The lowest BCUT2D eigenvalue weighted by Crippen LogP contribution is -2.18. The van der Waals surface area contributed by atoms with Crippen LogP contribution in [0.3, 0.4) is 0 Å². The van der Waals surface area contributed by atoms with Crippen LogP contribution < -0.4 is 5.32 Å². The van der Waals surface area contributed by atoms with Crippen LogP contribution in [0.2, 0.25) is 0 Å². The van der Waals surface area contributed by atoms with E-state index in [0.717, 1.165) is 16.8 Å². The van der Waals surface area contributed by atoms with Gasteiger partial charge < -0.3 is 10.1 Å². The summed E-state index contributed by atoms with van der Waals surface area (Å²) in [7, 11) is 0. The number of nitrogens with one attached hydrogen (secondary N) is 1. The quantitative estimate of drug-likeness (QED) is 0.886. The third-order valence-corrected chi connectivity index (χ3v) is 3.62.